The van der Waals surface area contributed by atoms with E-state index in [0.717, 1.165) is 35.4 Å². The Kier molecular flexibility index (Phi) is 3.27. The molecule has 1 heterocycles. The van der Waals surface area contributed by atoms with Crippen LogP contribution in [0.1, 0.15) is 63.1 Å². The lowest BCUT2D eigenvalue weighted by molar-refractivity contribution is 0.303. The Labute approximate surface area is 130 Å². The zero-order valence-electron chi connectivity index (χ0n) is 13.6. The molecule has 0 aliphatic heterocycles. The van der Waals surface area contributed by atoms with Gasteiger partial charge in [0.1, 0.15) is 0 Å². The molecule has 0 bridgehead atoms. The first-order chi connectivity index (χ1) is 10.2. The van der Waals surface area contributed by atoms with Gasteiger partial charge in [-0.25, -0.2) is 0 Å². The number of hydrogen-bond acceptors (Lipinski definition) is 5. The highest BCUT2D eigenvalue weighted by molar-refractivity contribution is 6.07. The van der Waals surface area contributed by atoms with Crippen LogP contribution in [-0.4, -0.2) is 26.8 Å². The first kappa shape index (κ1) is 15.0. The average Bonchev–Trinajstić information content (AvgIpc) is 2.41. The van der Waals surface area contributed by atoms with Crippen LogP contribution in [0.3, 0.4) is 0 Å². The van der Waals surface area contributed by atoms with Gasteiger partial charge >= 0.3 is 0 Å². The van der Waals surface area contributed by atoms with Gasteiger partial charge < -0.3 is 10.4 Å². The summed E-state index contributed by atoms with van der Waals surface area (Å²) in [7, 11) is 0. The Morgan fingerprint density at radius 2 is 1.23 bits per heavy atom. The number of nitrogens with zero attached hydrogens (tertiary/aromatic N) is 3. The van der Waals surface area contributed by atoms with E-state index in [1.54, 1.807) is 0 Å². The van der Waals surface area contributed by atoms with E-state index in [4.69, 9.17) is 4.98 Å². The topological polar surface area (TPSA) is 78.1 Å². The maximum atomic E-state index is 9.36. The average molecular weight is 301 g/mol. The molecule has 0 fully saturated rings. The summed E-state index contributed by atoms with van der Waals surface area (Å²) >= 11 is 0. The molecule has 0 aromatic carbocycles. The molecule has 1 aromatic heterocycles. The minimum Gasteiger partial charge on any atom is -0.411 e. The highest BCUT2D eigenvalue weighted by atomic mass is 16.4. The SMILES string of the molecule is CC1(C)C/C(=N/O)c2cc3c(nc2C1)CC(C)(C)C/C3=N\O. The number of fused-ring (bicyclic) bond motifs is 2. The molecule has 0 saturated heterocycles. The predicted molar refractivity (Wildman–Crippen MR) is 85.1 cm³/mol. The number of oxime groups is 2. The molecule has 0 spiro atoms. The number of hydrogen-bond donors (Lipinski definition) is 2. The van der Waals surface area contributed by atoms with Crippen LogP contribution < -0.4 is 0 Å². The van der Waals surface area contributed by atoms with E-state index in [1.807, 2.05) is 6.07 Å². The molecule has 22 heavy (non-hydrogen) atoms. The fraction of sp³-hybridized carbons (Fsp3) is 0.588. The third-order valence-corrected chi connectivity index (χ3v) is 4.63. The second-order valence-electron chi connectivity index (χ2n) is 8.11. The minimum atomic E-state index is 0.0356. The predicted octanol–water partition coefficient (Wildman–Crippen LogP) is 3.38. The molecule has 0 radical (unpaired) electrons. The van der Waals surface area contributed by atoms with Crippen LogP contribution in [0.15, 0.2) is 16.4 Å². The lowest BCUT2D eigenvalue weighted by Crippen LogP contribution is -2.33. The van der Waals surface area contributed by atoms with Crippen molar-refractivity contribution < 1.29 is 10.4 Å². The Morgan fingerprint density at radius 1 is 0.818 bits per heavy atom. The van der Waals surface area contributed by atoms with Gasteiger partial charge in [-0.2, -0.15) is 0 Å². The largest absolute Gasteiger partial charge is 0.411 e. The van der Waals surface area contributed by atoms with Gasteiger partial charge in [0.2, 0.25) is 0 Å². The summed E-state index contributed by atoms with van der Waals surface area (Å²) in [4.78, 5) is 4.86. The quantitative estimate of drug-likeness (QED) is 0.569. The van der Waals surface area contributed by atoms with E-state index in [2.05, 4.69) is 38.0 Å². The van der Waals surface area contributed by atoms with E-state index in [9.17, 15) is 10.4 Å². The molecule has 1 aromatic rings. The van der Waals surface area contributed by atoms with Crippen molar-refractivity contribution in [3.63, 3.8) is 0 Å². The van der Waals surface area contributed by atoms with E-state index < -0.39 is 0 Å². The van der Waals surface area contributed by atoms with Crippen molar-refractivity contribution in [1.29, 1.82) is 0 Å². The van der Waals surface area contributed by atoms with Crippen molar-refractivity contribution >= 4 is 11.4 Å². The van der Waals surface area contributed by atoms with E-state index in [-0.39, 0.29) is 10.8 Å². The second-order valence-corrected chi connectivity index (χ2v) is 8.11. The van der Waals surface area contributed by atoms with Crippen LogP contribution >= 0.6 is 0 Å². The fourth-order valence-electron chi connectivity index (χ4n) is 3.67. The molecule has 118 valence electrons. The van der Waals surface area contributed by atoms with Gasteiger partial charge in [-0.1, -0.05) is 38.0 Å². The summed E-state index contributed by atoms with van der Waals surface area (Å²) in [6.45, 7) is 8.64. The van der Waals surface area contributed by atoms with Gasteiger partial charge in [-0.05, 0) is 42.6 Å². The van der Waals surface area contributed by atoms with E-state index in [0.29, 0.717) is 24.3 Å². The van der Waals surface area contributed by atoms with Crippen LogP contribution in [0.5, 0.6) is 0 Å². The third kappa shape index (κ3) is 2.49. The van der Waals surface area contributed by atoms with Gasteiger partial charge in [0, 0.05) is 11.1 Å². The molecular formula is C17H23N3O2. The summed E-state index contributed by atoms with van der Waals surface area (Å²) < 4.78 is 0. The molecule has 0 atom stereocenters. The maximum absolute atomic E-state index is 9.36. The van der Waals surface area contributed by atoms with Crippen LogP contribution in [0, 0.1) is 10.8 Å². The van der Waals surface area contributed by atoms with E-state index in [1.165, 1.54) is 0 Å². The zero-order chi connectivity index (χ0) is 16.1. The summed E-state index contributed by atoms with van der Waals surface area (Å²) in [6, 6.07) is 1.99. The smallest absolute Gasteiger partial charge is 0.0891 e. The molecule has 2 N–H and O–H groups in total. The monoisotopic (exact) mass is 301 g/mol. The normalized spacial score (nSPS) is 25.8. The number of pyridine rings is 1. The Morgan fingerprint density at radius 3 is 1.59 bits per heavy atom. The summed E-state index contributed by atoms with van der Waals surface area (Å²) in [5.41, 5.74) is 5.16. The molecular weight excluding hydrogens is 278 g/mol. The van der Waals surface area contributed by atoms with Crippen molar-refractivity contribution in [2.24, 2.45) is 21.1 Å². The number of rotatable bonds is 0. The Balaban J connectivity index is 2.18. The van der Waals surface area contributed by atoms with Crippen molar-refractivity contribution in [2.75, 3.05) is 0 Å². The first-order valence-electron chi connectivity index (χ1n) is 7.70. The van der Waals surface area contributed by atoms with Gasteiger partial charge in [0.15, 0.2) is 0 Å². The minimum absolute atomic E-state index is 0.0356. The zero-order valence-corrected chi connectivity index (χ0v) is 13.6. The Bertz CT molecular complexity index is 632. The van der Waals surface area contributed by atoms with Crippen molar-refractivity contribution in [1.82, 2.24) is 4.98 Å². The first-order valence-corrected chi connectivity index (χ1v) is 7.70. The highest BCUT2D eigenvalue weighted by Crippen LogP contribution is 2.39. The lowest BCUT2D eigenvalue weighted by Gasteiger charge is -2.35. The molecule has 5 heteroatoms. The molecule has 3 rings (SSSR count). The molecule has 0 amide bonds. The van der Waals surface area contributed by atoms with Crippen molar-refractivity contribution in [3.05, 3.63) is 28.6 Å². The second kappa shape index (κ2) is 4.80. The van der Waals surface area contributed by atoms with Crippen LogP contribution in [0.25, 0.3) is 0 Å². The standard InChI is InChI=1S/C17H23N3O2/c1-16(2)6-12-10(14(8-16)19-21)5-11-13(18-12)7-17(3,4)9-15(11)20-22/h5,21-22H,6-9H2,1-4H3/b19-14-,20-15+. The number of aromatic nitrogens is 1. The third-order valence-electron chi connectivity index (χ3n) is 4.63. The van der Waals surface area contributed by atoms with Gasteiger partial charge in [-0.3, -0.25) is 4.98 Å². The Hall–Kier alpha value is -1.91. The molecule has 2 aliphatic rings. The van der Waals surface area contributed by atoms with Gasteiger partial charge in [0.25, 0.3) is 0 Å². The van der Waals surface area contributed by atoms with Crippen molar-refractivity contribution in [2.45, 2.75) is 53.4 Å². The van der Waals surface area contributed by atoms with Crippen LogP contribution in [-0.2, 0) is 12.8 Å². The summed E-state index contributed by atoms with van der Waals surface area (Å²) in [6.07, 6.45) is 3.16. The van der Waals surface area contributed by atoms with Gasteiger partial charge in [-0.15, -0.1) is 0 Å². The van der Waals surface area contributed by atoms with Crippen LogP contribution in [0.4, 0.5) is 0 Å². The molecule has 5 nitrogen and oxygen atoms in total. The van der Waals surface area contributed by atoms with E-state index >= 15 is 0 Å². The van der Waals surface area contributed by atoms with Crippen LogP contribution in [0.2, 0.25) is 0 Å². The maximum Gasteiger partial charge on any atom is 0.0891 e. The summed E-state index contributed by atoms with van der Waals surface area (Å²) in [5.74, 6) is 0. The molecule has 0 unspecified atom stereocenters. The highest BCUT2D eigenvalue weighted by Gasteiger charge is 2.36. The molecule has 0 saturated carbocycles. The summed E-state index contributed by atoms with van der Waals surface area (Å²) in [5, 5.41) is 25.7. The lowest BCUT2D eigenvalue weighted by atomic mass is 9.72. The molecule has 2 aliphatic carbocycles. The van der Waals surface area contributed by atoms with Crippen molar-refractivity contribution in [3.8, 4) is 0 Å². The van der Waals surface area contributed by atoms with Gasteiger partial charge in [0.05, 0.1) is 22.8 Å². The fourth-order valence-corrected chi connectivity index (χ4v) is 3.67.